The van der Waals surface area contributed by atoms with Crippen molar-refractivity contribution in [3.63, 3.8) is 0 Å². The third kappa shape index (κ3) is 4.07. The summed E-state index contributed by atoms with van der Waals surface area (Å²) in [6.07, 6.45) is -2.37. The highest BCUT2D eigenvalue weighted by Crippen LogP contribution is 2.22. The minimum Gasteiger partial charge on any atom is -0.337 e. The van der Waals surface area contributed by atoms with Gasteiger partial charge >= 0.3 is 6.18 Å². The highest BCUT2D eigenvalue weighted by Gasteiger charge is 2.25. The van der Waals surface area contributed by atoms with Gasteiger partial charge in [-0.15, -0.1) is 0 Å². The molecule has 1 N–H and O–H groups in total. The molecule has 86 valence electrons. The lowest BCUT2D eigenvalue weighted by atomic mass is 10.2. The highest BCUT2D eigenvalue weighted by atomic mass is 32.1. The monoisotopic (exact) mass is 238 g/mol. The van der Waals surface area contributed by atoms with Crippen LogP contribution in [0.25, 0.3) is 0 Å². The maximum atomic E-state index is 11.8. The number of aromatic nitrogens is 2. The van der Waals surface area contributed by atoms with Crippen LogP contribution in [0.4, 0.5) is 13.2 Å². The molecule has 6 heteroatoms. The first-order chi connectivity index (χ1) is 6.90. The molecule has 0 fully saturated rings. The predicted molar refractivity (Wildman–Crippen MR) is 54.3 cm³/mol. The Hall–Kier alpha value is -0.780. The largest absolute Gasteiger partial charge is 0.389 e. The molecule has 1 heterocycles. The standard InChI is InChI=1S/C9H13F3N2S/c1-7-6-13-8(15)14(7)5-3-2-4-9(10,11)12/h6H,2-5H2,1H3,(H,13,15). The maximum Gasteiger partial charge on any atom is 0.389 e. The molecule has 1 aromatic rings. The molecule has 0 bridgehead atoms. The molecule has 2 nitrogen and oxygen atoms in total. The van der Waals surface area contributed by atoms with E-state index in [0.717, 1.165) is 5.69 Å². The van der Waals surface area contributed by atoms with Crippen molar-refractivity contribution in [1.29, 1.82) is 0 Å². The topological polar surface area (TPSA) is 20.7 Å². The van der Waals surface area contributed by atoms with Gasteiger partial charge in [-0.1, -0.05) is 0 Å². The lowest BCUT2D eigenvalue weighted by Crippen LogP contribution is -2.08. The Morgan fingerprint density at radius 1 is 1.40 bits per heavy atom. The first-order valence-corrected chi connectivity index (χ1v) is 5.12. The number of nitrogens with zero attached hydrogens (tertiary/aromatic N) is 1. The zero-order valence-corrected chi connectivity index (χ0v) is 9.21. The van der Waals surface area contributed by atoms with Crippen molar-refractivity contribution < 1.29 is 13.2 Å². The van der Waals surface area contributed by atoms with Crippen molar-refractivity contribution in [1.82, 2.24) is 9.55 Å². The summed E-state index contributed by atoms with van der Waals surface area (Å²) in [6, 6.07) is 0. The van der Waals surface area contributed by atoms with Crippen LogP contribution < -0.4 is 0 Å². The Bertz CT molecular complexity index is 364. The quantitative estimate of drug-likeness (QED) is 0.628. The summed E-state index contributed by atoms with van der Waals surface area (Å²) < 4.78 is 37.9. The maximum absolute atomic E-state index is 11.8. The first kappa shape index (κ1) is 12.3. The van der Waals surface area contributed by atoms with Crippen molar-refractivity contribution in [3.8, 4) is 0 Å². The molecule has 0 aliphatic heterocycles. The number of rotatable bonds is 4. The average molecular weight is 238 g/mol. The van der Waals surface area contributed by atoms with E-state index in [2.05, 4.69) is 4.98 Å². The van der Waals surface area contributed by atoms with Gasteiger partial charge in [-0.25, -0.2) is 0 Å². The van der Waals surface area contributed by atoms with E-state index < -0.39 is 12.6 Å². The van der Waals surface area contributed by atoms with Gasteiger partial charge in [-0.3, -0.25) is 0 Å². The number of unbranched alkanes of at least 4 members (excludes halogenated alkanes) is 1. The fourth-order valence-electron chi connectivity index (χ4n) is 1.36. The third-order valence-electron chi connectivity index (χ3n) is 2.17. The summed E-state index contributed by atoms with van der Waals surface area (Å²) in [5, 5.41) is 0. The Kier molecular flexibility index (Phi) is 3.96. The molecular weight excluding hydrogens is 225 g/mol. The third-order valence-corrected chi connectivity index (χ3v) is 2.51. The minimum atomic E-state index is -4.05. The van der Waals surface area contributed by atoms with Crippen LogP contribution in [0.2, 0.25) is 0 Å². The van der Waals surface area contributed by atoms with Gasteiger partial charge in [-0.05, 0) is 32.0 Å². The van der Waals surface area contributed by atoms with Crippen LogP contribution in [0.3, 0.4) is 0 Å². The zero-order chi connectivity index (χ0) is 11.5. The molecule has 0 atom stereocenters. The van der Waals surface area contributed by atoms with Crippen LogP contribution in [-0.4, -0.2) is 15.7 Å². The molecule has 0 aliphatic carbocycles. The van der Waals surface area contributed by atoms with Gasteiger partial charge in [0.05, 0.1) is 0 Å². The van der Waals surface area contributed by atoms with E-state index in [0.29, 0.717) is 17.7 Å². The second-order valence-corrected chi connectivity index (χ2v) is 3.85. The number of nitrogens with one attached hydrogen (secondary N) is 1. The van der Waals surface area contributed by atoms with E-state index in [1.165, 1.54) is 0 Å². The second kappa shape index (κ2) is 4.83. The van der Waals surface area contributed by atoms with Gasteiger partial charge in [0.1, 0.15) is 0 Å². The molecule has 1 rings (SSSR count). The normalized spacial score (nSPS) is 12.0. The molecule has 0 aromatic carbocycles. The van der Waals surface area contributed by atoms with E-state index in [1.54, 1.807) is 6.20 Å². The van der Waals surface area contributed by atoms with E-state index in [9.17, 15) is 13.2 Å². The average Bonchev–Trinajstić information content (AvgIpc) is 2.40. The first-order valence-electron chi connectivity index (χ1n) is 4.72. The Morgan fingerprint density at radius 3 is 2.53 bits per heavy atom. The van der Waals surface area contributed by atoms with Crippen molar-refractivity contribution in [2.24, 2.45) is 0 Å². The lowest BCUT2D eigenvalue weighted by molar-refractivity contribution is -0.135. The number of halogens is 3. The van der Waals surface area contributed by atoms with Crippen LogP contribution in [-0.2, 0) is 6.54 Å². The van der Waals surface area contributed by atoms with Gasteiger partial charge < -0.3 is 9.55 Å². The summed E-state index contributed by atoms with van der Waals surface area (Å²) >= 11 is 4.98. The number of imidazole rings is 1. The molecule has 15 heavy (non-hydrogen) atoms. The summed E-state index contributed by atoms with van der Waals surface area (Å²) in [5.74, 6) is 0. The molecule has 0 unspecified atom stereocenters. The van der Waals surface area contributed by atoms with Crippen molar-refractivity contribution in [2.75, 3.05) is 0 Å². The molecule has 0 amide bonds. The number of hydrogen-bond donors (Lipinski definition) is 1. The van der Waals surface area contributed by atoms with Crippen molar-refractivity contribution >= 4 is 12.2 Å². The van der Waals surface area contributed by atoms with Gasteiger partial charge in [-0.2, -0.15) is 13.2 Å². The van der Waals surface area contributed by atoms with Crippen LogP contribution in [0, 0.1) is 11.7 Å². The van der Waals surface area contributed by atoms with Gasteiger partial charge in [0.2, 0.25) is 0 Å². The van der Waals surface area contributed by atoms with Crippen molar-refractivity contribution in [2.45, 2.75) is 38.9 Å². The molecular formula is C9H13F3N2S. The number of hydrogen-bond acceptors (Lipinski definition) is 1. The summed E-state index contributed by atoms with van der Waals surface area (Å²) in [6.45, 7) is 2.42. The molecule has 1 aromatic heterocycles. The summed E-state index contributed by atoms with van der Waals surface area (Å²) in [4.78, 5) is 2.85. The second-order valence-electron chi connectivity index (χ2n) is 3.46. The molecule has 0 spiro atoms. The Labute approximate surface area is 91.1 Å². The number of alkyl halides is 3. The Morgan fingerprint density at radius 2 is 2.07 bits per heavy atom. The molecule has 0 aliphatic rings. The fourth-order valence-corrected chi connectivity index (χ4v) is 1.65. The van der Waals surface area contributed by atoms with Crippen LogP contribution >= 0.6 is 12.2 Å². The van der Waals surface area contributed by atoms with E-state index in [-0.39, 0.29) is 6.42 Å². The predicted octanol–water partition coefficient (Wildman–Crippen LogP) is 3.59. The lowest BCUT2D eigenvalue weighted by Gasteiger charge is -2.07. The number of aromatic amines is 1. The Balaban J connectivity index is 2.36. The van der Waals surface area contributed by atoms with E-state index in [1.807, 2.05) is 11.5 Å². The van der Waals surface area contributed by atoms with Gasteiger partial charge in [0.25, 0.3) is 0 Å². The fraction of sp³-hybridized carbons (Fsp3) is 0.667. The van der Waals surface area contributed by atoms with Crippen LogP contribution in [0.15, 0.2) is 6.20 Å². The van der Waals surface area contributed by atoms with E-state index in [4.69, 9.17) is 12.2 Å². The summed E-state index contributed by atoms with van der Waals surface area (Å²) in [5.41, 5.74) is 0.951. The number of aryl methyl sites for hydroxylation is 1. The van der Waals surface area contributed by atoms with E-state index >= 15 is 0 Å². The SMILES string of the molecule is Cc1c[nH]c(=S)n1CCCCC(F)(F)F. The smallest absolute Gasteiger partial charge is 0.337 e. The molecule has 0 saturated carbocycles. The zero-order valence-electron chi connectivity index (χ0n) is 8.40. The van der Waals surface area contributed by atoms with Gasteiger partial charge in [0.15, 0.2) is 4.77 Å². The highest BCUT2D eigenvalue weighted by molar-refractivity contribution is 7.71. The van der Waals surface area contributed by atoms with Crippen molar-refractivity contribution in [3.05, 3.63) is 16.7 Å². The van der Waals surface area contributed by atoms with Gasteiger partial charge in [0, 0.05) is 24.9 Å². The molecule has 0 saturated heterocycles. The van der Waals surface area contributed by atoms with Crippen LogP contribution in [0.1, 0.15) is 25.0 Å². The summed E-state index contributed by atoms with van der Waals surface area (Å²) in [7, 11) is 0. The van der Waals surface area contributed by atoms with Crippen LogP contribution in [0.5, 0.6) is 0 Å². The molecule has 0 radical (unpaired) electrons. The number of H-pyrrole nitrogens is 1. The minimum absolute atomic E-state index is 0.149.